The Morgan fingerprint density at radius 1 is 1.12 bits per heavy atom. The molecule has 0 spiro atoms. The van der Waals surface area contributed by atoms with E-state index < -0.39 is 0 Å². The van der Waals surface area contributed by atoms with E-state index in [9.17, 15) is 0 Å². The zero-order chi connectivity index (χ0) is 16.4. The zero-order valence-corrected chi connectivity index (χ0v) is 14.8. The molecule has 4 nitrogen and oxygen atoms in total. The fraction of sp³-hybridized carbons (Fsp3) is 0.333. The van der Waals surface area contributed by atoms with E-state index in [0.29, 0.717) is 11.8 Å². The summed E-state index contributed by atoms with van der Waals surface area (Å²) in [4.78, 5) is 0. The van der Waals surface area contributed by atoms with Gasteiger partial charge in [0.2, 0.25) is 0 Å². The fourth-order valence-electron chi connectivity index (χ4n) is 3.04. The molecule has 2 aromatic heterocycles. The second kappa shape index (κ2) is 7.03. The summed E-state index contributed by atoms with van der Waals surface area (Å²) in [5, 5.41) is 11.2. The summed E-state index contributed by atoms with van der Waals surface area (Å²) in [5.74, 6) is 1.75. The van der Waals surface area contributed by atoms with Gasteiger partial charge in [-0.05, 0) is 49.2 Å². The first-order valence-electron chi connectivity index (χ1n) is 8.18. The lowest BCUT2D eigenvalue weighted by molar-refractivity contribution is 0.485. The molecule has 0 N–H and O–H groups in total. The van der Waals surface area contributed by atoms with Crippen molar-refractivity contribution < 1.29 is 4.42 Å². The van der Waals surface area contributed by atoms with E-state index in [2.05, 4.69) is 14.8 Å². The van der Waals surface area contributed by atoms with Gasteiger partial charge >= 0.3 is 0 Å². The second-order valence-electron chi connectivity index (χ2n) is 6.00. The van der Waals surface area contributed by atoms with Gasteiger partial charge in [0.1, 0.15) is 5.76 Å². The first-order chi connectivity index (χ1) is 11.8. The van der Waals surface area contributed by atoms with E-state index in [1.54, 1.807) is 6.26 Å². The number of halogens is 1. The van der Waals surface area contributed by atoms with Crippen LogP contribution in [0.1, 0.15) is 31.4 Å². The van der Waals surface area contributed by atoms with Gasteiger partial charge in [0.25, 0.3) is 0 Å². The lowest BCUT2D eigenvalue weighted by Crippen LogP contribution is -2.05. The maximum atomic E-state index is 6.01. The van der Waals surface area contributed by atoms with Gasteiger partial charge in [-0.25, -0.2) is 0 Å². The molecule has 0 saturated heterocycles. The predicted molar refractivity (Wildman–Crippen MR) is 96.4 cm³/mol. The SMILES string of the molecule is Clc1ccc(-c2nnc(SC3CCCC3)n2Cc2ccco2)cc1. The lowest BCUT2D eigenvalue weighted by atomic mass is 10.2. The first-order valence-corrected chi connectivity index (χ1v) is 9.43. The van der Waals surface area contributed by atoms with Crippen LogP contribution < -0.4 is 0 Å². The van der Waals surface area contributed by atoms with E-state index in [-0.39, 0.29) is 0 Å². The van der Waals surface area contributed by atoms with Gasteiger partial charge in [-0.15, -0.1) is 10.2 Å². The van der Waals surface area contributed by atoms with Crippen LogP contribution in [0.2, 0.25) is 5.02 Å². The van der Waals surface area contributed by atoms with Crippen LogP contribution in [0.15, 0.2) is 52.2 Å². The van der Waals surface area contributed by atoms with E-state index in [1.165, 1.54) is 25.7 Å². The highest BCUT2D eigenvalue weighted by atomic mass is 35.5. The Balaban J connectivity index is 1.69. The summed E-state index contributed by atoms with van der Waals surface area (Å²) in [7, 11) is 0. The molecule has 0 amide bonds. The molecule has 24 heavy (non-hydrogen) atoms. The zero-order valence-electron chi connectivity index (χ0n) is 13.2. The predicted octanol–water partition coefficient (Wildman–Crippen LogP) is 5.27. The largest absolute Gasteiger partial charge is 0.467 e. The Morgan fingerprint density at radius 3 is 2.62 bits per heavy atom. The average Bonchev–Trinajstić information content (AvgIpc) is 3.33. The van der Waals surface area contributed by atoms with Gasteiger partial charge in [-0.1, -0.05) is 36.2 Å². The highest BCUT2D eigenvalue weighted by Crippen LogP contribution is 2.35. The van der Waals surface area contributed by atoms with Crippen molar-refractivity contribution in [2.75, 3.05) is 0 Å². The molecule has 0 atom stereocenters. The Morgan fingerprint density at radius 2 is 1.92 bits per heavy atom. The second-order valence-corrected chi connectivity index (χ2v) is 7.71. The van der Waals surface area contributed by atoms with Gasteiger partial charge in [0.05, 0.1) is 12.8 Å². The molecule has 4 rings (SSSR count). The number of rotatable bonds is 5. The highest BCUT2D eigenvalue weighted by Gasteiger charge is 2.22. The molecular weight excluding hydrogens is 342 g/mol. The molecule has 0 bridgehead atoms. The number of hydrogen-bond donors (Lipinski definition) is 0. The minimum Gasteiger partial charge on any atom is -0.467 e. The number of aromatic nitrogens is 3. The number of hydrogen-bond acceptors (Lipinski definition) is 4. The number of nitrogens with zero attached hydrogens (tertiary/aromatic N) is 3. The molecule has 124 valence electrons. The third-order valence-corrected chi connectivity index (χ3v) is 5.86. The standard InChI is InChI=1S/C18H18ClN3OS/c19-14-9-7-13(8-10-14)17-20-21-18(24-16-5-1-2-6-16)22(17)12-15-4-3-11-23-15/h3-4,7-11,16H,1-2,5-6,12H2. The van der Waals surface area contributed by atoms with Crippen molar-refractivity contribution in [3.8, 4) is 11.4 Å². The first kappa shape index (κ1) is 15.8. The fourth-order valence-corrected chi connectivity index (χ4v) is 4.40. The summed E-state index contributed by atoms with van der Waals surface area (Å²) < 4.78 is 7.68. The van der Waals surface area contributed by atoms with Crippen LogP contribution in [0.4, 0.5) is 0 Å². The maximum absolute atomic E-state index is 6.01. The van der Waals surface area contributed by atoms with Gasteiger partial charge in [0.15, 0.2) is 11.0 Å². The molecule has 0 unspecified atom stereocenters. The third-order valence-electron chi connectivity index (χ3n) is 4.29. The molecule has 1 fully saturated rings. The van der Waals surface area contributed by atoms with Crippen LogP contribution in [0, 0.1) is 0 Å². The normalized spacial score (nSPS) is 15.2. The summed E-state index contributed by atoms with van der Waals surface area (Å²) in [6.45, 7) is 0.632. The number of furan rings is 1. The summed E-state index contributed by atoms with van der Waals surface area (Å²) in [5.41, 5.74) is 1.01. The van der Waals surface area contributed by atoms with E-state index >= 15 is 0 Å². The molecule has 1 aliphatic rings. The minimum absolute atomic E-state index is 0.632. The molecule has 0 aliphatic heterocycles. The van der Waals surface area contributed by atoms with Crippen molar-refractivity contribution in [2.45, 2.75) is 42.6 Å². The van der Waals surface area contributed by atoms with Crippen molar-refractivity contribution >= 4 is 23.4 Å². The maximum Gasteiger partial charge on any atom is 0.192 e. The Hall–Kier alpha value is -1.72. The smallest absolute Gasteiger partial charge is 0.192 e. The van der Waals surface area contributed by atoms with E-state index in [0.717, 1.165) is 27.3 Å². The topological polar surface area (TPSA) is 43.9 Å². The van der Waals surface area contributed by atoms with E-state index in [1.807, 2.05) is 48.2 Å². The highest BCUT2D eigenvalue weighted by molar-refractivity contribution is 7.99. The minimum atomic E-state index is 0.632. The number of thioether (sulfide) groups is 1. The van der Waals surface area contributed by atoms with Crippen LogP contribution >= 0.6 is 23.4 Å². The summed E-state index contributed by atoms with van der Waals surface area (Å²) >= 11 is 7.85. The quantitative estimate of drug-likeness (QED) is 0.622. The molecule has 1 aromatic carbocycles. The molecule has 6 heteroatoms. The number of benzene rings is 1. The van der Waals surface area contributed by atoms with Gasteiger partial charge in [0, 0.05) is 15.8 Å². The van der Waals surface area contributed by atoms with Gasteiger partial charge in [-0.2, -0.15) is 0 Å². The Bertz CT molecular complexity index is 792. The molecule has 3 aromatic rings. The van der Waals surface area contributed by atoms with Crippen LogP contribution in [0.5, 0.6) is 0 Å². The van der Waals surface area contributed by atoms with Crippen LogP contribution in [-0.2, 0) is 6.54 Å². The molecule has 1 saturated carbocycles. The van der Waals surface area contributed by atoms with Crippen molar-refractivity contribution in [1.29, 1.82) is 0 Å². The van der Waals surface area contributed by atoms with Crippen molar-refractivity contribution in [1.82, 2.24) is 14.8 Å². The molecular formula is C18H18ClN3OS. The molecule has 0 radical (unpaired) electrons. The van der Waals surface area contributed by atoms with Crippen LogP contribution in [0.25, 0.3) is 11.4 Å². The van der Waals surface area contributed by atoms with Crippen molar-refractivity contribution in [3.63, 3.8) is 0 Å². The van der Waals surface area contributed by atoms with Crippen molar-refractivity contribution in [3.05, 3.63) is 53.4 Å². The van der Waals surface area contributed by atoms with E-state index in [4.69, 9.17) is 16.0 Å². The van der Waals surface area contributed by atoms with Gasteiger partial charge in [-0.3, -0.25) is 4.57 Å². The third kappa shape index (κ3) is 3.37. The molecule has 2 heterocycles. The van der Waals surface area contributed by atoms with Crippen LogP contribution in [-0.4, -0.2) is 20.0 Å². The average molecular weight is 360 g/mol. The Kier molecular flexibility index (Phi) is 4.63. The lowest BCUT2D eigenvalue weighted by Gasteiger charge is -2.11. The molecule has 1 aliphatic carbocycles. The summed E-state index contributed by atoms with van der Waals surface area (Å²) in [6.07, 6.45) is 6.84. The van der Waals surface area contributed by atoms with Gasteiger partial charge < -0.3 is 4.42 Å². The summed E-state index contributed by atoms with van der Waals surface area (Å²) in [6, 6.07) is 11.6. The monoisotopic (exact) mass is 359 g/mol. The van der Waals surface area contributed by atoms with Crippen molar-refractivity contribution in [2.24, 2.45) is 0 Å². The van der Waals surface area contributed by atoms with Crippen LogP contribution in [0.3, 0.4) is 0 Å². The Labute approximate surface area is 150 Å².